The van der Waals surface area contributed by atoms with E-state index in [1.807, 2.05) is 24.1 Å². The first-order chi connectivity index (χ1) is 8.72. The van der Waals surface area contributed by atoms with Gasteiger partial charge in [0.15, 0.2) is 0 Å². The molecule has 0 bridgehead atoms. The zero-order chi connectivity index (χ0) is 13.0. The van der Waals surface area contributed by atoms with Crippen molar-refractivity contribution in [3.63, 3.8) is 0 Å². The lowest BCUT2D eigenvalue weighted by atomic mass is 10.0. The summed E-state index contributed by atoms with van der Waals surface area (Å²) in [6.45, 7) is 3.44. The third kappa shape index (κ3) is 2.88. The number of pyridine rings is 1. The van der Waals surface area contributed by atoms with Crippen LogP contribution in [-0.2, 0) is 4.79 Å². The van der Waals surface area contributed by atoms with Gasteiger partial charge in [-0.05, 0) is 36.9 Å². The Morgan fingerprint density at radius 3 is 3.17 bits per heavy atom. The van der Waals surface area contributed by atoms with Gasteiger partial charge in [0, 0.05) is 25.4 Å². The highest BCUT2D eigenvalue weighted by atomic mass is 16.2. The highest BCUT2D eigenvalue weighted by Crippen LogP contribution is 2.32. The molecule has 0 aromatic carbocycles. The summed E-state index contributed by atoms with van der Waals surface area (Å²) < 4.78 is 0. The summed E-state index contributed by atoms with van der Waals surface area (Å²) >= 11 is 0. The smallest absolute Gasteiger partial charge is 0.223 e. The Balaban J connectivity index is 2.06. The molecule has 98 valence electrons. The van der Waals surface area contributed by atoms with Gasteiger partial charge in [0.05, 0.1) is 6.04 Å². The van der Waals surface area contributed by atoms with Crippen LogP contribution in [0.2, 0.25) is 0 Å². The summed E-state index contributed by atoms with van der Waals surface area (Å²) in [7, 11) is 0. The van der Waals surface area contributed by atoms with Crippen LogP contribution in [0.5, 0.6) is 0 Å². The molecule has 2 rings (SSSR count). The second-order valence-electron chi connectivity index (χ2n) is 5.08. The molecular formula is C14H21N3O. The van der Waals surface area contributed by atoms with E-state index in [9.17, 15) is 4.79 Å². The summed E-state index contributed by atoms with van der Waals surface area (Å²) in [6, 6.07) is 4.19. The fourth-order valence-electron chi connectivity index (χ4n) is 2.48. The Bertz CT molecular complexity index is 393. The fourth-order valence-corrected chi connectivity index (χ4v) is 2.48. The highest BCUT2D eigenvalue weighted by Gasteiger charge is 2.30. The Hall–Kier alpha value is -1.42. The van der Waals surface area contributed by atoms with Gasteiger partial charge in [0.1, 0.15) is 0 Å². The average molecular weight is 247 g/mol. The van der Waals surface area contributed by atoms with Crippen LogP contribution in [0, 0.1) is 5.92 Å². The van der Waals surface area contributed by atoms with Gasteiger partial charge in [-0.25, -0.2) is 0 Å². The predicted molar refractivity (Wildman–Crippen MR) is 70.8 cm³/mol. The van der Waals surface area contributed by atoms with Crippen LogP contribution in [0.3, 0.4) is 0 Å². The van der Waals surface area contributed by atoms with Crippen molar-refractivity contribution in [3.8, 4) is 0 Å². The van der Waals surface area contributed by atoms with Gasteiger partial charge < -0.3 is 10.6 Å². The third-order valence-electron chi connectivity index (χ3n) is 3.57. The lowest BCUT2D eigenvalue weighted by Crippen LogP contribution is -2.32. The normalized spacial score (nSPS) is 21.0. The molecule has 1 saturated heterocycles. The number of aromatic nitrogens is 1. The van der Waals surface area contributed by atoms with Gasteiger partial charge in [-0.2, -0.15) is 0 Å². The second kappa shape index (κ2) is 5.96. The Labute approximate surface area is 108 Å². The van der Waals surface area contributed by atoms with E-state index in [0.717, 1.165) is 24.9 Å². The largest absolute Gasteiger partial charge is 0.336 e. The maximum absolute atomic E-state index is 12.2. The number of carbonyl (C=O) groups is 1. The summed E-state index contributed by atoms with van der Waals surface area (Å²) in [6.07, 6.45) is 6.29. The van der Waals surface area contributed by atoms with Crippen molar-refractivity contribution in [1.82, 2.24) is 9.88 Å². The Morgan fingerprint density at radius 1 is 1.67 bits per heavy atom. The molecule has 1 amide bonds. The lowest BCUT2D eigenvalue weighted by molar-refractivity contribution is -0.133. The monoisotopic (exact) mass is 247 g/mol. The molecule has 2 atom stereocenters. The molecule has 2 unspecified atom stereocenters. The molecule has 2 heterocycles. The predicted octanol–water partition coefficient (Wildman–Crippen LogP) is 1.73. The summed E-state index contributed by atoms with van der Waals surface area (Å²) in [4.78, 5) is 18.4. The van der Waals surface area contributed by atoms with E-state index in [1.165, 1.54) is 0 Å². The molecule has 0 saturated carbocycles. The van der Waals surface area contributed by atoms with E-state index in [-0.39, 0.29) is 17.9 Å². The number of rotatable bonds is 4. The standard InChI is InChI=1S/C14H21N3O/c1-11(9-15)8-14(18)17-7-3-5-13(17)12-4-2-6-16-10-12/h2,4,6,10-11,13H,3,5,7-9,15H2,1H3. The molecule has 4 heteroatoms. The molecule has 0 spiro atoms. The molecule has 18 heavy (non-hydrogen) atoms. The first-order valence-electron chi connectivity index (χ1n) is 6.62. The number of likely N-dealkylation sites (tertiary alicyclic amines) is 1. The van der Waals surface area contributed by atoms with E-state index in [2.05, 4.69) is 11.1 Å². The quantitative estimate of drug-likeness (QED) is 0.881. The van der Waals surface area contributed by atoms with Crippen LogP contribution in [0.1, 0.15) is 37.8 Å². The first-order valence-corrected chi connectivity index (χ1v) is 6.62. The summed E-state index contributed by atoms with van der Waals surface area (Å²) in [5, 5.41) is 0. The number of amides is 1. The number of hydrogen-bond donors (Lipinski definition) is 1. The molecule has 4 nitrogen and oxygen atoms in total. The van der Waals surface area contributed by atoms with Crippen molar-refractivity contribution in [2.75, 3.05) is 13.1 Å². The zero-order valence-electron chi connectivity index (χ0n) is 10.9. The maximum atomic E-state index is 12.2. The molecule has 1 aromatic heterocycles. The van der Waals surface area contributed by atoms with Crippen LogP contribution in [0.25, 0.3) is 0 Å². The van der Waals surface area contributed by atoms with Gasteiger partial charge in [-0.1, -0.05) is 13.0 Å². The first kappa shape index (κ1) is 13.0. The van der Waals surface area contributed by atoms with Crippen molar-refractivity contribution in [1.29, 1.82) is 0 Å². The minimum atomic E-state index is 0.205. The van der Waals surface area contributed by atoms with Gasteiger partial charge in [-0.3, -0.25) is 9.78 Å². The number of hydrogen-bond acceptors (Lipinski definition) is 3. The fraction of sp³-hybridized carbons (Fsp3) is 0.571. The van der Waals surface area contributed by atoms with Crippen LogP contribution in [0.4, 0.5) is 0 Å². The molecule has 1 aliphatic heterocycles. The van der Waals surface area contributed by atoms with Crippen LogP contribution >= 0.6 is 0 Å². The SMILES string of the molecule is CC(CN)CC(=O)N1CCCC1c1cccnc1. The second-order valence-corrected chi connectivity index (χ2v) is 5.08. The van der Waals surface area contributed by atoms with E-state index in [0.29, 0.717) is 13.0 Å². The van der Waals surface area contributed by atoms with Crippen LogP contribution in [0.15, 0.2) is 24.5 Å². The molecule has 1 aromatic rings. The third-order valence-corrected chi connectivity index (χ3v) is 3.57. The van der Waals surface area contributed by atoms with Gasteiger partial charge in [0.2, 0.25) is 5.91 Å². The van der Waals surface area contributed by atoms with Gasteiger partial charge >= 0.3 is 0 Å². The number of nitrogens with zero attached hydrogens (tertiary/aromatic N) is 2. The Morgan fingerprint density at radius 2 is 2.50 bits per heavy atom. The van der Waals surface area contributed by atoms with Crippen molar-refractivity contribution >= 4 is 5.91 Å². The van der Waals surface area contributed by atoms with Crippen molar-refractivity contribution in [2.24, 2.45) is 11.7 Å². The molecule has 0 radical (unpaired) electrons. The molecule has 1 fully saturated rings. The average Bonchev–Trinajstić information content (AvgIpc) is 2.88. The maximum Gasteiger partial charge on any atom is 0.223 e. The summed E-state index contributed by atoms with van der Waals surface area (Å²) in [5.74, 6) is 0.479. The van der Waals surface area contributed by atoms with Crippen LogP contribution < -0.4 is 5.73 Å². The van der Waals surface area contributed by atoms with E-state index >= 15 is 0 Å². The topological polar surface area (TPSA) is 59.2 Å². The van der Waals surface area contributed by atoms with Crippen molar-refractivity contribution in [2.45, 2.75) is 32.2 Å². The minimum absolute atomic E-state index is 0.205. The Kier molecular flexibility index (Phi) is 4.31. The highest BCUT2D eigenvalue weighted by molar-refractivity contribution is 5.77. The van der Waals surface area contributed by atoms with E-state index in [1.54, 1.807) is 6.20 Å². The van der Waals surface area contributed by atoms with E-state index < -0.39 is 0 Å². The van der Waals surface area contributed by atoms with Gasteiger partial charge in [-0.15, -0.1) is 0 Å². The summed E-state index contributed by atoms with van der Waals surface area (Å²) in [5.41, 5.74) is 6.73. The molecule has 2 N–H and O–H groups in total. The number of nitrogens with two attached hydrogens (primary N) is 1. The molecule has 1 aliphatic rings. The van der Waals surface area contributed by atoms with Gasteiger partial charge in [0.25, 0.3) is 0 Å². The molecule has 0 aliphatic carbocycles. The zero-order valence-corrected chi connectivity index (χ0v) is 10.9. The van der Waals surface area contributed by atoms with E-state index in [4.69, 9.17) is 5.73 Å². The minimum Gasteiger partial charge on any atom is -0.336 e. The lowest BCUT2D eigenvalue weighted by Gasteiger charge is -2.26. The number of carbonyl (C=O) groups excluding carboxylic acids is 1. The van der Waals surface area contributed by atoms with Crippen molar-refractivity contribution in [3.05, 3.63) is 30.1 Å². The van der Waals surface area contributed by atoms with Crippen molar-refractivity contribution < 1.29 is 4.79 Å². The molecular weight excluding hydrogens is 226 g/mol. The van der Waals surface area contributed by atoms with Crippen LogP contribution in [-0.4, -0.2) is 28.9 Å².